The molecular formula is C26H34N8O7S. The minimum atomic E-state index is -4.51. The highest BCUT2D eigenvalue weighted by Gasteiger charge is 2.46. The number of aromatic nitrogens is 5. The maximum Gasteiger partial charge on any atom is 0.342 e. The van der Waals surface area contributed by atoms with Crippen molar-refractivity contribution in [1.82, 2.24) is 40.1 Å². The van der Waals surface area contributed by atoms with E-state index >= 15 is 0 Å². The topological polar surface area (TPSA) is 201 Å². The number of likely N-dealkylation sites (tertiary alicyclic amines) is 1. The van der Waals surface area contributed by atoms with Crippen LogP contribution in [-0.4, -0.2) is 93.2 Å². The average molecular weight is 603 g/mol. The van der Waals surface area contributed by atoms with Gasteiger partial charge in [-0.15, -0.1) is 5.10 Å². The highest BCUT2D eigenvalue weighted by molar-refractivity contribution is 7.89. The largest absolute Gasteiger partial charge is 0.465 e. The molecule has 1 aliphatic rings. The van der Waals surface area contributed by atoms with Crippen molar-refractivity contribution >= 4 is 27.8 Å². The smallest absolute Gasteiger partial charge is 0.342 e. The quantitative estimate of drug-likeness (QED) is 0.243. The third-order valence-electron chi connectivity index (χ3n) is 6.90. The van der Waals surface area contributed by atoms with E-state index < -0.39 is 56.4 Å². The number of aliphatic hydroxyl groups excluding tert-OH is 1. The zero-order chi connectivity index (χ0) is 30.8. The van der Waals surface area contributed by atoms with Crippen LogP contribution in [0.3, 0.4) is 0 Å². The van der Waals surface area contributed by atoms with Crippen LogP contribution in [0.2, 0.25) is 0 Å². The Morgan fingerprint density at radius 2 is 1.90 bits per heavy atom. The lowest BCUT2D eigenvalue weighted by Gasteiger charge is -2.35. The van der Waals surface area contributed by atoms with E-state index in [0.717, 1.165) is 18.4 Å². The standard InChI is InChI=1S/C26H34N8O7S/c1-15-20(25(38)41-5)23(30-29-15)42(39,40)31-21(26(2,3)4)24(37)33-14-18(35)12-19(33)22(36)27-13-16-6-8-17(9-7-16)34-11-10-28-32-34/h6-11,18-19,21,31,35H,12-14H2,1-5H3,(H,27,36)(H,29,30)/t18-,19+,21-/m1/s1. The summed E-state index contributed by atoms with van der Waals surface area (Å²) in [6.45, 7) is 6.42. The Bertz CT molecular complexity index is 1550. The van der Waals surface area contributed by atoms with Crippen molar-refractivity contribution in [1.29, 1.82) is 0 Å². The summed E-state index contributed by atoms with van der Waals surface area (Å²) in [5.41, 5.74) is 0.500. The first-order chi connectivity index (χ1) is 19.7. The van der Waals surface area contributed by atoms with Crippen LogP contribution in [0.25, 0.3) is 5.69 Å². The van der Waals surface area contributed by atoms with Crippen LogP contribution in [0.5, 0.6) is 0 Å². The van der Waals surface area contributed by atoms with Crippen molar-refractivity contribution in [2.24, 2.45) is 5.41 Å². The van der Waals surface area contributed by atoms with Crippen molar-refractivity contribution in [2.75, 3.05) is 13.7 Å². The lowest BCUT2D eigenvalue weighted by atomic mass is 9.86. The Kier molecular flexibility index (Phi) is 8.79. The number of methoxy groups -OCH3 is 1. The Morgan fingerprint density at radius 1 is 1.21 bits per heavy atom. The molecule has 0 spiro atoms. The Labute approximate surface area is 242 Å². The van der Waals surface area contributed by atoms with E-state index in [4.69, 9.17) is 4.74 Å². The number of rotatable bonds is 9. The summed E-state index contributed by atoms with van der Waals surface area (Å²) in [5.74, 6) is -2.11. The zero-order valence-corrected chi connectivity index (χ0v) is 24.7. The minimum absolute atomic E-state index is 0.0164. The number of aryl methyl sites for hydroxylation is 1. The first kappa shape index (κ1) is 30.8. The number of benzene rings is 1. The van der Waals surface area contributed by atoms with E-state index in [1.165, 1.54) is 11.8 Å². The number of aliphatic hydroxyl groups is 1. The Balaban J connectivity index is 1.51. The number of ether oxygens (including phenoxy) is 1. The maximum absolute atomic E-state index is 13.8. The molecule has 4 rings (SSSR count). The molecule has 42 heavy (non-hydrogen) atoms. The molecule has 226 valence electrons. The molecule has 3 aromatic rings. The summed E-state index contributed by atoms with van der Waals surface area (Å²) in [5, 5.41) is 26.5. The van der Waals surface area contributed by atoms with Crippen LogP contribution in [0.4, 0.5) is 0 Å². The molecule has 3 heterocycles. The van der Waals surface area contributed by atoms with Crippen LogP contribution in [-0.2, 0) is 30.9 Å². The number of amides is 2. The van der Waals surface area contributed by atoms with Gasteiger partial charge in [-0.05, 0) is 30.0 Å². The fraction of sp³-hybridized carbons (Fsp3) is 0.462. The van der Waals surface area contributed by atoms with Crippen LogP contribution in [0.1, 0.15) is 48.8 Å². The molecule has 0 radical (unpaired) electrons. The van der Waals surface area contributed by atoms with Gasteiger partial charge in [-0.25, -0.2) is 17.9 Å². The van der Waals surface area contributed by atoms with Crippen LogP contribution >= 0.6 is 0 Å². The second-order valence-electron chi connectivity index (χ2n) is 11.1. The van der Waals surface area contributed by atoms with Crippen molar-refractivity contribution in [3.8, 4) is 5.69 Å². The monoisotopic (exact) mass is 602 g/mol. The van der Waals surface area contributed by atoms with E-state index in [1.54, 1.807) is 37.8 Å². The number of nitrogens with zero attached hydrogens (tertiary/aromatic N) is 5. The van der Waals surface area contributed by atoms with Gasteiger partial charge < -0.3 is 20.1 Å². The predicted molar refractivity (Wildman–Crippen MR) is 148 cm³/mol. The summed E-state index contributed by atoms with van der Waals surface area (Å²) in [4.78, 5) is 40.5. The number of esters is 1. The van der Waals surface area contributed by atoms with Crippen molar-refractivity contribution in [3.05, 3.63) is 53.5 Å². The number of β-amino-alcohol motifs (C(OH)–C–C–N with tert-alkyl or cyclic N) is 1. The third-order valence-corrected chi connectivity index (χ3v) is 8.25. The molecule has 1 fully saturated rings. The van der Waals surface area contributed by atoms with E-state index in [-0.39, 0.29) is 30.8 Å². The van der Waals surface area contributed by atoms with Gasteiger partial charge >= 0.3 is 5.97 Å². The molecule has 2 amide bonds. The number of aromatic amines is 1. The van der Waals surface area contributed by atoms with Gasteiger partial charge in [0.1, 0.15) is 17.6 Å². The number of carbonyl (C=O) groups is 3. The van der Waals surface area contributed by atoms with Gasteiger partial charge in [-0.2, -0.15) is 9.82 Å². The Hall–Kier alpha value is -4.15. The number of hydrogen-bond donors (Lipinski definition) is 4. The molecular weight excluding hydrogens is 568 g/mol. The lowest BCUT2D eigenvalue weighted by Crippen LogP contribution is -2.57. The molecule has 0 unspecified atom stereocenters. The first-order valence-corrected chi connectivity index (χ1v) is 14.6. The van der Waals surface area contributed by atoms with Crippen molar-refractivity contribution in [2.45, 2.75) is 63.9 Å². The third kappa shape index (κ3) is 6.50. The van der Waals surface area contributed by atoms with Crippen molar-refractivity contribution in [3.63, 3.8) is 0 Å². The molecule has 3 atom stereocenters. The molecule has 4 N–H and O–H groups in total. The fourth-order valence-corrected chi connectivity index (χ4v) is 6.19. The first-order valence-electron chi connectivity index (χ1n) is 13.1. The van der Waals surface area contributed by atoms with E-state index in [9.17, 15) is 27.9 Å². The molecule has 16 heteroatoms. The van der Waals surface area contributed by atoms with Gasteiger partial charge in [-0.1, -0.05) is 38.1 Å². The lowest BCUT2D eigenvalue weighted by molar-refractivity contribution is -0.141. The van der Waals surface area contributed by atoms with E-state index in [1.807, 2.05) is 24.3 Å². The number of hydrogen-bond acceptors (Lipinski definition) is 10. The Morgan fingerprint density at radius 3 is 2.50 bits per heavy atom. The predicted octanol–water partition coefficient (Wildman–Crippen LogP) is 0.0566. The average Bonchev–Trinajstić information content (AvgIpc) is 3.70. The molecule has 15 nitrogen and oxygen atoms in total. The van der Waals surface area contributed by atoms with Gasteiger partial charge in [0.2, 0.25) is 16.8 Å². The summed E-state index contributed by atoms with van der Waals surface area (Å²) in [6, 6.07) is 4.86. The van der Waals surface area contributed by atoms with Gasteiger partial charge in [0.25, 0.3) is 10.0 Å². The summed E-state index contributed by atoms with van der Waals surface area (Å²) >= 11 is 0. The SMILES string of the molecule is COC(=O)c1c(S(=O)(=O)N[C@H](C(=O)N2C[C@H](O)C[C@H]2C(=O)NCc2ccc(-n3ccnn3)cc2)C(C)(C)C)n[nH]c1C. The number of H-pyrrole nitrogens is 1. The van der Waals surface area contributed by atoms with Crippen molar-refractivity contribution < 1.29 is 32.6 Å². The number of sulfonamides is 1. The second kappa shape index (κ2) is 12.0. The summed E-state index contributed by atoms with van der Waals surface area (Å²) in [6.07, 6.45) is 2.26. The molecule has 1 aromatic carbocycles. The fourth-order valence-electron chi connectivity index (χ4n) is 4.64. The number of carbonyl (C=O) groups excluding carboxylic acids is 3. The van der Waals surface area contributed by atoms with Gasteiger partial charge in [0, 0.05) is 25.2 Å². The van der Waals surface area contributed by atoms with Gasteiger partial charge in [0.05, 0.1) is 31.3 Å². The molecule has 2 aromatic heterocycles. The molecule has 1 aliphatic heterocycles. The highest BCUT2D eigenvalue weighted by atomic mass is 32.2. The minimum Gasteiger partial charge on any atom is -0.465 e. The molecule has 0 bridgehead atoms. The summed E-state index contributed by atoms with van der Waals surface area (Å²) in [7, 11) is -3.40. The molecule has 1 saturated heterocycles. The highest BCUT2D eigenvalue weighted by Crippen LogP contribution is 2.28. The van der Waals surface area contributed by atoms with E-state index in [0.29, 0.717) is 0 Å². The number of nitrogens with one attached hydrogen (secondary N) is 3. The zero-order valence-electron chi connectivity index (χ0n) is 23.9. The van der Waals surface area contributed by atoms with Crippen LogP contribution < -0.4 is 10.0 Å². The normalized spacial score (nSPS) is 18.1. The van der Waals surface area contributed by atoms with Gasteiger partial charge in [0.15, 0.2) is 0 Å². The van der Waals surface area contributed by atoms with Gasteiger partial charge in [-0.3, -0.25) is 14.7 Å². The second-order valence-corrected chi connectivity index (χ2v) is 12.7. The van der Waals surface area contributed by atoms with E-state index in [2.05, 4.69) is 30.5 Å². The molecule has 0 saturated carbocycles. The maximum atomic E-state index is 13.8. The van der Waals surface area contributed by atoms with Crippen LogP contribution in [0, 0.1) is 12.3 Å². The van der Waals surface area contributed by atoms with Crippen LogP contribution in [0.15, 0.2) is 41.7 Å². The summed E-state index contributed by atoms with van der Waals surface area (Å²) < 4.78 is 35.4. The molecule has 0 aliphatic carbocycles.